The minimum Gasteiger partial charge on any atom is -0.481 e. The molecule has 3 aromatic rings. The summed E-state index contributed by atoms with van der Waals surface area (Å²) < 4.78 is 18.3. The van der Waals surface area contributed by atoms with Gasteiger partial charge in [0, 0.05) is 17.8 Å². The van der Waals surface area contributed by atoms with E-state index >= 15 is 0 Å². The van der Waals surface area contributed by atoms with Crippen LogP contribution < -0.4 is 0 Å². The lowest BCUT2D eigenvalue weighted by molar-refractivity contribution is -0.292. The summed E-state index contributed by atoms with van der Waals surface area (Å²) in [6.45, 7) is 5.30. The normalized spacial score (nSPS) is 34.8. The van der Waals surface area contributed by atoms with Crippen LogP contribution in [0.1, 0.15) is 65.1 Å². The fourth-order valence-electron chi connectivity index (χ4n) is 7.94. The molecule has 42 heavy (non-hydrogen) atoms. The number of allylic oxidation sites excluding steroid dienone is 1. The van der Waals surface area contributed by atoms with E-state index in [1.54, 1.807) is 73.0 Å². The smallest absolute Gasteiger partial charge is 0.338 e. The zero-order valence-electron chi connectivity index (χ0n) is 23.7. The Hall–Kier alpha value is -4.17. The molecule has 0 amide bonds. The molecule has 0 radical (unpaired) electrons. The van der Waals surface area contributed by atoms with Crippen LogP contribution in [0.4, 0.5) is 0 Å². The van der Waals surface area contributed by atoms with Crippen molar-refractivity contribution in [1.29, 1.82) is 0 Å². The predicted molar refractivity (Wildman–Crippen MR) is 152 cm³/mol. The van der Waals surface area contributed by atoms with Crippen molar-refractivity contribution in [3.05, 3.63) is 108 Å². The molecule has 0 bridgehead atoms. The summed E-state index contributed by atoms with van der Waals surface area (Å²) in [4.78, 5) is 40.3. The van der Waals surface area contributed by atoms with Crippen LogP contribution in [0.3, 0.4) is 0 Å². The number of ether oxygens (including phenoxy) is 2. The van der Waals surface area contributed by atoms with Gasteiger partial charge in [0.25, 0.3) is 0 Å². The lowest BCUT2D eigenvalue weighted by Crippen LogP contribution is -2.78. The summed E-state index contributed by atoms with van der Waals surface area (Å²) in [7, 11) is 0. The van der Waals surface area contributed by atoms with Crippen molar-refractivity contribution in [2.24, 2.45) is 22.7 Å². The van der Waals surface area contributed by atoms with Crippen LogP contribution >= 0.6 is 0 Å². The molecule has 0 spiro atoms. The molecule has 1 saturated carbocycles. The molecule has 2 N–H and O–H groups in total. The van der Waals surface area contributed by atoms with E-state index in [9.17, 15) is 24.6 Å². The van der Waals surface area contributed by atoms with E-state index in [1.165, 1.54) is 13.0 Å². The number of carboxylic acids is 1. The lowest BCUT2D eigenvalue weighted by Gasteiger charge is -2.66. The van der Waals surface area contributed by atoms with Gasteiger partial charge in [-0.1, -0.05) is 62.4 Å². The summed E-state index contributed by atoms with van der Waals surface area (Å²) in [5, 5.41) is 23.7. The highest BCUT2D eigenvalue weighted by molar-refractivity contribution is 5.91. The molecule has 2 aromatic carbocycles. The SMILES string of the molecule is C[C@H]1c2ccoc2C[C@H]2[C@H]1[C@@H](OC(=O)c1ccccc1)[C@H](OC(=O)c1ccccc1)[C@@]1(O)[C@@](C)(C(=O)O)C=CC[C@]21C. The number of carboxylic acid groups (broad SMARTS) is 1. The highest BCUT2D eigenvalue weighted by Crippen LogP contribution is 2.66. The highest BCUT2D eigenvalue weighted by Gasteiger charge is 2.76. The maximum Gasteiger partial charge on any atom is 0.338 e. The van der Waals surface area contributed by atoms with Gasteiger partial charge in [-0.25, -0.2) is 9.59 Å². The third-order valence-corrected chi connectivity index (χ3v) is 10.2. The van der Waals surface area contributed by atoms with Crippen molar-refractivity contribution in [3.63, 3.8) is 0 Å². The average Bonchev–Trinajstić information content (AvgIpc) is 3.47. The second kappa shape index (κ2) is 9.98. The lowest BCUT2D eigenvalue weighted by atomic mass is 9.41. The Morgan fingerprint density at radius 3 is 2.10 bits per heavy atom. The van der Waals surface area contributed by atoms with Crippen molar-refractivity contribution >= 4 is 17.9 Å². The predicted octanol–water partition coefficient (Wildman–Crippen LogP) is 5.42. The van der Waals surface area contributed by atoms with Gasteiger partial charge in [-0.3, -0.25) is 4.79 Å². The number of esters is 2. The Balaban J connectivity index is 1.57. The number of aliphatic hydroxyl groups is 1. The first-order valence-corrected chi connectivity index (χ1v) is 14.2. The molecule has 3 aliphatic rings. The molecule has 1 heterocycles. The van der Waals surface area contributed by atoms with E-state index in [-0.39, 0.29) is 17.4 Å². The number of hydrogen-bond acceptors (Lipinski definition) is 7. The molecule has 0 aliphatic heterocycles. The van der Waals surface area contributed by atoms with Crippen molar-refractivity contribution in [3.8, 4) is 0 Å². The Labute approximate surface area is 244 Å². The Morgan fingerprint density at radius 1 is 0.905 bits per heavy atom. The molecule has 0 unspecified atom stereocenters. The first-order valence-electron chi connectivity index (χ1n) is 14.2. The van der Waals surface area contributed by atoms with Crippen molar-refractivity contribution in [2.45, 2.75) is 57.3 Å². The number of hydrogen-bond donors (Lipinski definition) is 2. The van der Waals surface area contributed by atoms with E-state index in [0.29, 0.717) is 18.4 Å². The molecule has 218 valence electrons. The molecule has 0 saturated heterocycles. The number of fused-ring (bicyclic) bond motifs is 4. The molecular weight excluding hydrogens is 536 g/mol. The fraction of sp³-hybridized carbons (Fsp3) is 0.382. The van der Waals surface area contributed by atoms with E-state index in [1.807, 2.05) is 19.9 Å². The molecule has 1 aromatic heterocycles. The summed E-state index contributed by atoms with van der Waals surface area (Å²) in [5.74, 6) is -2.93. The highest BCUT2D eigenvalue weighted by atomic mass is 16.6. The van der Waals surface area contributed by atoms with Gasteiger partial charge in [0.05, 0.1) is 17.4 Å². The van der Waals surface area contributed by atoms with Gasteiger partial charge in [-0.2, -0.15) is 0 Å². The average molecular weight is 571 g/mol. The van der Waals surface area contributed by atoms with E-state index in [4.69, 9.17) is 13.9 Å². The second-order valence-electron chi connectivity index (χ2n) is 12.2. The summed E-state index contributed by atoms with van der Waals surface area (Å²) in [6.07, 6.45) is 2.93. The number of benzene rings is 2. The van der Waals surface area contributed by atoms with Gasteiger partial charge in [0.2, 0.25) is 0 Å². The molecule has 8 heteroatoms. The summed E-state index contributed by atoms with van der Waals surface area (Å²) >= 11 is 0. The van der Waals surface area contributed by atoms with Crippen LogP contribution in [-0.4, -0.2) is 45.9 Å². The molecule has 1 fully saturated rings. The number of carbonyl (C=O) groups is 3. The molecule has 8 atom stereocenters. The Kier molecular flexibility index (Phi) is 6.65. The van der Waals surface area contributed by atoms with Gasteiger partial charge < -0.3 is 24.1 Å². The van der Waals surface area contributed by atoms with Crippen LogP contribution in [0.15, 0.2) is 89.6 Å². The van der Waals surface area contributed by atoms with Crippen LogP contribution in [0.5, 0.6) is 0 Å². The number of carbonyl (C=O) groups excluding carboxylic acids is 2. The van der Waals surface area contributed by atoms with Gasteiger partial charge in [0.1, 0.15) is 22.9 Å². The first-order chi connectivity index (χ1) is 20.0. The third kappa shape index (κ3) is 3.88. The minimum absolute atomic E-state index is 0.215. The van der Waals surface area contributed by atoms with Gasteiger partial charge in [0.15, 0.2) is 6.10 Å². The molecular formula is C34H34O8. The van der Waals surface area contributed by atoms with Crippen molar-refractivity contribution in [2.75, 3.05) is 0 Å². The van der Waals surface area contributed by atoms with Crippen molar-refractivity contribution < 1.29 is 38.5 Å². The number of rotatable bonds is 5. The quantitative estimate of drug-likeness (QED) is 0.308. The van der Waals surface area contributed by atoms with Crippen LogP contribution in [0.25, 0.3) is 0 Å². The minimum atomic E-state index is -2.17. The summed E-state index contributed by atoms with van der Waals surface area (Å²) in [6, 6.07) is 18.6. The van der Waals surface area contributed by atoms with E-state index in [0.717, 1.165) is 11.3 Å². The van der Waals surface area contributed by atoms with Crippen LogP contribution in [0.2, 0.25) is 0 Å². The number of furan rings is 1. The number of aliphatic carboxylic acids is 1. The maximum atomic E-state index is 13.7. The van der Waals surface area contributed by atoms with E-state index < -0.39 is 52.5 Å². The van der Waals surface area contributed by atoms with Crippen LogP contribution in [-0.2, 0) is 20.7 Å². The molecule has 3 aliphatic carbocycles. The zero-order valence-corrected chi connectivity index (χ0v) is 23.7. The van der Waals surface area contributed by atoms with Gasteiger partial charge >= 0.3 is 17.9 Å². The Morgan fingerprint density at radius 2 is 1.50 bits per heavy atom. The monoisotopic (exact) mass is 570 g/mol. The molecule has 6 rings (SSSR count). The third-order valence-electron chi connectivity index (χ3n) is 10.2. The van der Waals surface area contributed by atoms with E-state index in [2.05, 4.69) is 0 Å². The standard InChI is InChI=1S/C34H34O8/c1-20-23-15-18-40-25(23)19-24-26(20)27(41-29(35)21-11-6-4-7-12-21)28(42-30(36)22-13-8-5-9-14-22)34(39)32(24,2)16-10-17-33(34,3)31(37)38/h4-15,17-18,20,24,26-28,39H,16,19H2,1-3H3,(H,37,38)/t20-,24-,26-,27+,28-,32+,33+,34-/m0/s1. The van der Waals surface area contributed by atoms with Gasteiger partial charge in [-0.05, 0) is 61.1 Å². The van der Waals surface area contributed by atoms with Gasteiger partial charge in [-0.15, -0.1) is 0 Å². The summed E-state index contributed by atoms with van der Waals surface area (Å²) in [5.41, 5.74) is -3.68. The fourth-order valence-corrected chi connectivity index (χ4v) is 7.94. The second-order valence-corrected chi connectivity index (χ2v) is 12.2. The van der Waals surface area contributed by atoms with Crippen LogP contribution in [0, 0.1) is 22.7 Å². The Bertz CT molecular complexity index is 1540. The largest absolute Gasteiger partial charge is 0.481 e. The first kappa shape index (κ1) is 28.0. The molecule has 8 nitrogen and oxygen atoms in total. The van der Waals surface area contributed by atoms with Crippen molar-refractivity contribution in [1.82, 2.24) is 0 Å². The zero-order chi connectivity index (χ0) is 29.9. The topological polar surface area (TPSA) is 123 Å². The maximum absolute atomic E-state index is 13.7.